The highest BCUT2D eigenvalue weighted by Gasteiger charge is 2.48. The molecule has 1 aromatic carbocycles. The zero-order valence-corrected chi connectivity index (χ0v) is 14.5. The fourth-order valence-corrected chi connectivity index (χ4v) is 4.57. The number of nitrogens with one attached hydrogen (secondary N) is 2. The zero-order chi connectivity index (χ0) is 17.3. The minimum atomic E-state index is -0.196. The SMILES string of the molecule is O=C(NCC1CNCCCO1)N1CC2(CCCC2)c2c(F)cccc21. The first-order valence-corrected chi connectivity index (χ1v) is 9.36. The minimum absolute atomic E-state index is 0.0125. The molecule has 1 aliphatic carbocycles. The van der Waals surface area contributed by atoms with Gasteiger partial charge in [0.15, 0.2) is 0 Å². The Hall–Kier alpha value is -1.66. The van der Waals surface area contributed by atoms with E-state index in [1.54, 1.807) is 11.0 Å². The third kappa shape index (κ3) is 3.13. The highest BCUT2D eigenvalue weighted by molar-refractivity contribution is 5.95. The van der Waals surface area contributed by atoms with Crippen molar-refractivity contribution >= 4 is 11.7 Å². The lowest BCUT2D eigenvalue weighted by molar-refractivity contribution is 0.0687. The average molecular weight is 347 g/mol. The predicted octanol–water partition coefficient (Wildman–Crippen LogP) is 2.55. The molecule has 1 saturated heterocycles. The number of hydrogen-bond donors (Lipinski definition) is 2. The van der Waals surface area contributed by atoms with Crippen molar-refractivity contribution in [3.8, 4) is 0 Å². The summed E-state index contributed by atoms with van der Waals surface area (Å²) in [5.41, 5.74) is 1.28. The summed E-state index contributed by atoms with van der Waals surface area (Å²) in [5, 5.41) is 6.30. The van der Waals surface area contributed by atoms with Crippen LogP contribution in [0.4, 0.5) is 14.9 Å². The Kier molecular flexibility index (Phi) is 4.65. The first-order chi connectivity index (χ1) is 12.2. The molecule has 1 aromatic rings. The smallest absolute Gasteiger partial charge is 0.322 e. The molecule has 6 heteroatoms. The Balaban J connectivity index is 1.49. The molecular weight excluding hydrogens is 321 g/mol. The number of ether oxygens (including phenoxy) is 1. The van der Waals surface area contributed by atoms with Gasteiger partial charge in [0.25, 0.3) is 0 Å². The summed E-state index contributed by atoms with van der Waals surface area (Å²) in [4.78, 5) is 14.5. The van der Waals surface area contributed by atoms with Crippen LogP contribution in [0, 0.1) is 5.82 Å². The molecule has 1 saturated carbocycles. The summed E-state index contributed by atoms with van der Waals surface area (Å²) in [5.74, 6) is -0.175. The molecule has 2 amide bonds. The lowest BCUT2D eigenvalue weighted by Crippen LogP contribution is -2.46. The van der Waals surface area contributed by atoms with Crippen molar-refractivity contribution in [1.29, 1.82) is 0 Å². The van der Waals surface area contributed by atoms with E-state index >= 15 is 0 Å². The average Bonchev–Trinajstić information content (AvgIpc) is 3.11. The number of anilines is 1. The van der Waals surface area contributed by atoms with Gasteiger partial charge in [0.05, 0.1) is 11.8 Å². The van der Waals surface area contributed by atoms with Crippen molar-refractivity contribution in [3.05, 3.63) is 29.6 Å². The number of halogens is 1. The molecule has 0 radical (unpaired) electrons. The highest BCUT2D eigenvalue weighted by atomic mass is 19.1. The summed E-state index contributed by atoms with van der Waals surface area (Å²) in [6.07, 6.45) is 5.10. The summed E-state index contributed by atoms with van der Waals surface area (Å²) in [6, 6.07) is 4.93. The van der Waals surface area contributed by atoms with Gasteiger partial charge in [-0.25, -0.2) is 9.18 Å². The first kappa shape index (κ1) is 16.8. The maximum absolute atomic E-state index is 14.6. The van der Waals surface area contributed by atoms with Gasteiger partial charge in [-0.15, -0.1) is 0 Å². The second-order valence-corrected chi connectivity index (χ2v) is 7.44. The van der Waals surface area contributed by atoms with Crippen molar-refractivity contribution in [2.24, 2.45) is 0 Å². The zero-order valence-electron chi connectivity index (χ0n) is 14.5. The number of urea groups is 1. The standard InChI is InChI=1S/C19H26FN3O2/c20-15-5-3-6-16-17(15)19(7-1-2-8-19)13-23(16)18(24)22-12-14-11-21-9-4-10-25-14/h3,5-6,14,21H,1-2,4,7-13H2,(H,22,24). The third-order valence-corrected chi connectivity index (χ3v) is 5.78. The fourth-order valence-electron chi connectivity index (χ4n) is 4.57. The molecule has 25 heavy (non-hydrogen) atoms. The summed E-state index contributed by atoms with van der Waals surface area (Å²) < 4.78 is 20.3. The predicted molar refractivity (Wildman–Crippen MR) is 94.5 cm³/mol. The fraction of sp³-hybridized carbons (Fsp3) is 0.632. The number of nitrogens with zero attached hydrogens (tertiary/aromatic N) is 1. The second kappa shape index (κ2) is 6.92. The van der Waals surface area contributed by atoms with Gasteiger partial charge in [-0.1, -0.05) is 18.9 Å². The molecule has 1 spiro atoms. The van der Waals surface area contributed by atoms with Gasteiger partial charge >= 0.3 is 6.03 Å². The van der Waals surface area contributed by atoms with Crippen LogP contribution in [0.1, 0.15) is 37.7 Å². The molecule has 0 bridgehead atoms. The van der Waals surface area contributed by atoms with Crippen molar-refractivity contribution in [1.82, 2.24) is 10.6 Å². The monoisotopic (exact) mass is 347 g/mol. The van der Waals surface area contributed by atoms with E-state index in [0.29, 0.717) is 19.7 Å². The molecule has 2 N–H and O–H groups in total. The van der Waals surface area contributed by atoms with Gasteiger partial charge in [-0.3, -0.25) is 4.90 Å². The van der Waals surface area contributed by atoms with Gasteiger partial charge in [-0.2, -0.15) is 0 Å². The maximum Gasteiger partial charge on any atom is 0.322 e. The Morgan fingerprint density at radius 3 is 3.04 bits per heavy atom. The van der Waals surface area contributed by atoms with Crippen molar-refractivity contribution in [2.45, 2.75) is 43.6 Å². The number of carbonyl (C=O) groups is 1. The Morgan fingerprint density at radius 2 is 2.20 bits per heavy atom. The summed E-state index contributed by atoms with van der Waals surface area (Å²) in [7, 11) is 0. The van der Waals surface area contributed by atoms with Crippen LogP contribution in [-0.2, 0) is 10.2 Å². The van der Waals surface area contributed by atoms with Crippen molar-refractivity contribution < 1.29 is 13.9 Å². The van der Waals surface area contributed by atoms with Gasteiger partial charge in [-0.05, 0) is 37.9 Å². The van der Waals surface area contributed by atoms with Gasteiger partial charge < -0.3 is 15.4 Å². The molecule has 2 heterocycles. The van der Waals surface area contributed by atoms with E-state index in [9.17, 15) is 9.18 Å². The van der Waals surface area contributed by atoms with Crippen molar-refractivity contribution in [2.75, 3.05) is 37.7 Å². The topological polar surface area (TPSA) is 53.6 Å². The normalized spacial score (nSPS) is 25.0. The number of hydrogen-bond acceptors (Lipinski definition) is 3. The van der Waals surface area contributed by atoms with E-state index in [1.807, 2.05) is 6.07 Å². The van der Waals surface area contributed by atoms with E-state index in [1.165, 1.54) is 6.07 Å². The van der Waals surface area contributed by atoms with E-state index in [0.717, 1.165) is 56.4 Å². The molecule has 1 unspecified atom stereocenters. The molecule has 4 rings (SSSR count). The van der Waals surface area contributed by atoms with Crippen LogP contribution in [0.15, 0.2) is 18.2 Å². The van der Waals surface area contributed by atoms with Crippen molar-refractivity contribution in [3.63, 3.8) is 0 Å². The molecule has 5 nitrogen and oxygen atoms in total. The van der Waals surface area contributed by atoms with Crippen LogP contribution in [-0.4, -0.2) is 44.9 Å². The second-order valence-electron chi connectivity index (χ2n) is 7.44. The number of amides is 2. The molecular formula is C19H26FN3O2. The third-order valence-electron chi connectivity index (χ3n) is 5.78. The van der Waals surface area contributed by atoms with E-state index < -0.39 is 0 Å². The number of carbonyl (C=O) groups excluding carboxylic acids is 1. The summed E-state index contributed by atoms with van der Waals surface area (Å²) in [6.45, 7) is 3.47. The Labute approximate surface area is 147 Å². The maximum atomic E-state index is 14.6. The van der Waals surface area contributed by atoms with Crippen LogP contribution in [0.25, 0.3) is 0 Å². The quantitative estimate of drug-likeness (QED) is 0.864. The largest absolute Gasteiger partial charge is 0.375 e. The van der Waals surface area contributed by atoms with Gasteiger partial charge in [0, 0.05) is 37.2 Å². The Morgan fingerprint density at radius 1 is 1.36 bits per heavy atom. The van der Waals surface area contributed by atoms with E-state index in [-0.39, 0.29) is 23.4 Å². The number of rotatable bonds is 2. The van der Waals surface area contributed by atoms with Crippen LogP contribution in [0.5, 0.6) is 0 Å². The van der Waals surface area contributed by atoms with Crippen LogP contribution >= 0.6 is 0 Å². The lowest BCUT2D eigenvalue weighted by Gasteiger charge is -2.25. The molecule has 1 atom stereocenters. The molecule has 3 aliphatic rings. The van der Waals surface area contributed by atoms with E-state index in [2.05, 4.69) is 10.6 Å². The Bertz CT molecular complexity index is 638. The van der Waals surface area contributed by atoms with Crippen LogP contribution in [0.2, 0.25) is 0 Å². The van der Waals surface area contributed by atoms with E-state index in [4.69, 9.17) is 4.74 Å². The minimum Gasteiger partial charge on any atom is -0.375 e. The van der Waals surface area contributed by atoms with Gasteiger partial charge in [0.2, 0.25) is 0 Å². The summed E-state index contributed by atoms with van der Waals surface area (Å²) >= 11 is 0. The van der Waals surface area contributed by atoms with Gasteiger partial charge in [0.1, 0.15) is 5.82 Å². The molecule has 2 aliphatic heterocycles. The molecule has 136 valence electrons. The number of fused-ring (bicyclic) bond motifs is 2. The van der Waals surface area contributed by atoms with Crippen LogP contribution < -0.4 is 15.5 Å². The molecule has 0 aromatic heterocycles. The number of benzene rings is 1. The van der Waals surface area contributed by atoms with Crippen LogP contribution in [0.3, 0.4) is 0 Å². The molecule has 2 fully saturated rings. The lowest BCUT2D eigenvalue weighted by atomic mass is 9.80. The highest BCUT2D eigenvalue weighted by Crippen LogP contribution is 2.51. The first-order valence-electron chi connectivity index (χ1n) is 9.36.